The fourth-order valence-corrected chi connectivity index (χ4v) is 1.56. The van der Waals surface area contributed by atoms with E-state index in [2.05, 4.69) is 34.8 Å². The van der Waals surface area contributed by atoms with Gasteiger partial charge in [0.2, 0.25) is 5.91 Å². The van der Waals surface area contributed by atoms with E-state index in [-0.39, 0.29) is 12.5 Å². The minimum atomic E-state index is -0.498. The summed E-state index contributed by atoms with van der Waals surface area (Å²) in [6.45, 7) is 11.6. The van der Waals surface area contributed by atoms with Gasteiger partial charge in [-0.25, -0.2) is 9.79 Å². The average Bonchev–Trinajstić information content (AvgIpc) is 2.46. The molecule has 0 saturated carbocycles. The molecule has 3 N–H and O–H groups in total. The summed E-state index contributed by atoms with van der Waals surface area (Å²) in [5.41, 5.74) is -0.498. The molecule has 8 nitrogen and oxygen atoms in total. The minimum Gasteiger partial charge on any atom is -0.444 e. The predicted octanol–water partition coefficient (Wildman–Crippen LogP) is 1.18. The van der Waals surface area contributed by atoms with Crippen LogP contribution >= 0.6 is 0 Å². The van der Waals surface area contributed by atoms with Gasteiger partial charge in [-0.2, -0.15) is 0 Å². The first kappa shape index (κ1) is 23.0. The molecular weight excluding hydrogens is 322 g/mol. The highest BCUT2D eigenvalue weighted by atomic mass is 16.6. The average molecular weight is 357 g/mol. The van der Waals surface area contributed by atoms with Crippen molar-refractivity contribution < 1.29 is 14.3 Å². The molecule has 0 saturated heterocycles. The van der Waals surface area contributed by atoms with Crippen molar-refractivity contribution in [2.24, 2.45) is 10.9 Å². The van der Waals surface area contributed by atoms with E-state index in [9.17, 15) is 9.59 Å². The van der Waals surface area contributed by atoms with Gasteiger partial charge in [0.1, 0.15) is 12.1 Å². The summed E-state index contributed by atoms with van der Waals surface area (Å²) >= 11 is 0. The van der Waals surface area contributed by atoms with Crippen LogP contribution in [0.1, 0.15) is 41.0 Å². The molecule has 0 atom stereocenters. The number of hydrogen-bond acceptors (Lipinski definition) is 4. The Morgan fingerprint density at radius 1 is 1.08 bits per heavy atom. The second kappa shape index (κ2) is 11.5. The summed E-state index contributed by atoms with van der Waals surface area (Å²) in [6.07, 6.45) is 0.291. The Kier molecular flexibility index (Phi) is 10.6. The number of carbonyl (C=O) groups is 2. The number of carbonyl (C=O) groups excluding carboxylic acids is 2. The Morgan fingerprint density at radius 2 is 1.68 bits per heavy atom. The number of nitrogens with one attached hydrogen (secondary N) is 3. The molecule has 0 radical (unpaired) electrons. The maximum absolute atomic E-state index is 11.7. The molecule has 0 aliphatic rings. The molecule has 8 heteroatoms. The number of rotatable bonds is 8. The summed E-state index contributed by atoms with van der Waals surface area (Å²) < 4.78 is 5.17. The van der Waals surface area contributed by atoms with Crippen LogP contribution in [-0.4, -0.2) is 68.7 Å². The Bertz CT molecular complexity index is 442. The zero-order chi connectivity index (χ0) is 19.5. The monoisotopic (exact) mass is 357 g/mol. The molecule has 0 rings (SSSR count). The summed E-state index contributed by atoms with van der Waals surface area (Å²) in [5, 5.41) is 9.07. The third kappa shape index (κ3) is 14.1. The Labute approximate surface area is 151 Å². The molecule has 0 unspecified atom stereocenters. The number of alkyl carbamates (subject to hydrolysis) is 1. The molecular formula is C17H35N5O3. The SMILES string of the molecule is CC(C)CNC(=NCC(=O)N(C)C)NCCCNC(=O)OC(C)(C)C. The summed E-state index contributed by atoms with van der Waals surface area (Å²) in [5.74, 6) is 1.00. The van der Waals surface area contributed by atoms with Gasteiger partial charge in [0.05, 0.1) is 0 Å². The summed E-state index contributed by atoms with van der Waals surface area (Å²) in [6, 6.07) is 0. The molecule has 0 aromatic carbocycles. The van der Waals surface area contributed by atoms with E-state index in [4.69, 9.17) is 4.74 Å². The number of nitrogens with zero attached hydrogens (tertiary/aromatic N) is 2. The van der Waals surface area contributed by atoms with Crippen LogP contribution in [-0.2, 0) is 9.53 Å². The second-order valence-electron chi connectivity index (χ2n) is 7.44. The van der Waals surface area contributed by atoms with E-state index in [1.54, 1.807) is 14.1 Å². The first-order chi connectivity index (χ1) is 11.5. The number of likely N-dealkylation sites (N-methyl/N-ethyl adjacent to an activating group) is 1. The predicted molar refractivity (Wildman–Crippen MR) is 101 cm³/mol. The normalized spacial score (nSPS) is 11.9. The van der Waals surface area contributed by atoms with Crippen molar-refractivity contribution >= 4 is 18.0 Å². The molecule has 0 bridgehead atoms. The minimum absolute atomic E-state index is 0.0581. The van der Waals surface area contributed by atoms with Crippen LogP contribution in [0.4, 0.5) is 4.79 Å². The van der Waals surface area contributed by atoms with Gasteiger partial charge in [-0.3, -0.25) is 4.79 Å². The van der Waals surface area contributed by atoms with Crippen LogP contribution < -0.4 is 16.0 Å². The van der Waals surface area contributed by atoms with E-state index in [1.165, 1.54) is 4.90 Å². The topological polar surface area (TPSA) is 95.1 Å². The molecule has 0 fully saturated rings. The van der Waals surface area contributed by atoms with Gasteiger partial charge in [-0.15, -0.1) is 0 Å². The Morgan fingerprint density at radius 3 is 2.20 bits per heavy atom. The molecule has 146 valence electrons. The van der Waals surface area contributed by atoms with Crippen LogP contribution in [0.3, 0.4) is 0 Å². The number of amides is 2. The molecule has 2 amide bonds. The lowest BCUT2D eigenvalue weighted by Gasteiger charge is -2.19. The highest BCUT2D eigenvalue weighted by Crippen LogP contribution is 2.06. The Hall–Kier alpha value is -1.99. The fraction of sp³-hybridized carbons (Fsp3) is 0.824. The number of guanidine groups is 1. The lowest BCUT2D eigenvalue weighted by Crippen LogP contribution is -2.41. The summed E-state index contributed by atoms with van der Waals surface area (Å²) in [7, 11) is 3.41. The first-order valence-corrected chi connectivity index (χ1v) is 8.70. The van der Waals surface area contributed by atoms with Crippen molar-refractivity contribution in [2.75, 3.05) is 40.3 Å². The maximum atomic E-state index is 11.7. The molecule has 0 heterocycles. The van der Waals surface area contributed by atoms with Gasteiger partial charge < -0.3 is 25.6 Å². The molecule has 25 heavy (non-hydrogen) atoms. The molecule has 0 aliphatic carbocycles. The van der Waals surface area contributed by atoms with E-state index in [1.807, 2.05) is 20.8 Å². The van der Waals surface area contributed by atoms with Crippen molar-refractivity contribution in [1.82, 2.24) is 20.9 Å². The van der Waals surface area contributed by atoms with Crippen LogP contribution in [0, 0.1) is 5.92 Å². The fourth-order valence-electron chi connectivity index (χ4n) is 1.56. The van der Waals surface area contributed by atoms with Crippen molar-refractivity contribution in [1.29, 1.82) is 0 Å². The number of ether oxygens (including phenoxy) is 1. The van der Waals surface area contributed by atoms with Gasteiger partial charge in [0.15, 0.2) is 5.96 Å². The van der Waals surface area contributed by atoms with Crippen LogP contribution in [0.15, 0.2) is 4.99 Å². The lowest BCUT2D eigenvalue weighted by molar-refractivity contribution is -0.127. The van der Waals surface area contributed by atoms with Crippen molar-refractivity contribution in [2.45, 2.75) is 46.6 Å². The third-order valence-corrected chi connectivity index (χ3v) is 2.86. The number of hydrogen-bond donors (Lipinski definition) is 3. The first-order valence-electron chi connectivity index (χ1n) is 8.70. The smallest absolute Gasteiger partial charge is 0.407 e. The van der Waals surface area contributed by atoms with Gasteiger partial charge in [-0.1, -0.05) is 13.8 Å². The van der Waals surface area contributed by atoms with Gasteiger partial charge in [-0.05, 0) is 33.1 Å². The van der Waals surface area contributed by atoms with Crippen LogP contribution in [0.25, 0.3) is 0 Å². The van der Waals surface area contributed by atoms with Crippen molar-refractivity contribution in [3.05, 3.63) is 0 Å². The van der Waals surface area contributed by atoms with E-state index in [0.29, 0.717) is 31.4 Å². The summed E-state index contributed by atoms with van der Waals surface area (Å²) in [4.78, 5) is 29.0. The van der Waals surface area contributed by atoms with E-state index < -0.39 is 11.7 Å². The zero-order valence-electron chi connectivity index (χ0n) is 16.7. The van der Waals surface area contributed by atoms with E-state index in [0.717, 1.165) is 6.54 Å². The second-order valence-corrected chi connectivity index (χ2v) is 7.44. The van der Waals surface area contributed by atoms with Gasteiger partial charge >= 0.3 is 6.09 Å². The molecule has 0 aliphatic heterocycles. The van der Waals surface area contributed by atoms with Gasteiger partial charge in [0.25, 0.3) is 0 Å². The highest BCUT2D eigenvalue weighted by molar-refractivity contribution is 5.84. The third-order valence-electron chi connectivity index (χ3n) is 2.86. The van der Waals surface area contributed by atoms with Crippen LogP contribution in [0.5, 0.6) is 0 Å². The van der Waals surface area contributed by atoms with Crippen molar-refractivity contribution in [3.8, 4) is 0 Å². The zero-order valence-corrected chi connectivity index (χ0v) is 16.7. The lowest BCUT2D eigenvalue weighted by atomic mass is 10.2. The van der Waals surface area contributed by atoms with Gasteiger partial charge in [0, 0.05) is 33.7 Å². The number of aliphatic imine (C=N–C) groups is 1. The Balaban J connectivity index is 4.23. The molecule has 0 aromatic heterocycles. The largest absolute Gasteiger partial charge is 0.444 e. The quantitative estimate of drug-likeness (QED) is 0.344. The maximum Gasteiger partial charge on any atom is 0.407 e. The van der Waals surface area contributed by atoms with E-state index >= 15 is 0 Å². The molecule has 0 aromatic rings. The standard InChI is InChI=1S/C17H35N5O3/c1-13(2)11-20-15(21-12-14(23)22(6)7)18-9-8-10-19-16(24)25-17(3,4)5/h13H,8-12H2,1-7H3,(H,19,24)(H2,18,20,21). The molecule has 0 spiro atoms. The van der Waals surface area contributed by atoms with Crippen molar-refractivity contribution in [3.63, 3.8) is 0 Å². The van der Waals surface area contributed by atoms with Crippen LogP contribution in [0.2, 0.25) is 0 Å². The highest BCUT2D eigenvalue weighted by Gasteiger charge is 2.15.